The van der Waals surface area contributed by atoms with E-state index in [9.17, 15) is 19.5 Å². The molecule has 0 bridgehead atoms. The van der Waals surface area contributed by atoms with Crippen LogP contribution in [0.25, 0.3) is 11.8 Å². The second-order valence-corrected chi connectivity index (χ2v) is 9.10. The number of benzene rings is 2. The first-order valence-corrected chi connectivity index (χ1v) is 11.5. The van der Waals surface area contributed by atoms with Gasteiger partial charge in [0.25, 0.3) is 11.8 Å². The molecule has 2 N–H and O–H groups in total. The molecular formula is C26H22ClN3O4S. The first-order chi connectivity index (χ1) is 16.5. The number of thiocarbonyl (C=S) groups is 1. The summed E-state index contributed by atoms with van der Waals surface area (Å²) in [5, 5.41) is 12.2. The van der Waals surface area contributed by atoms with Gasteiger partial charge in [0.1, 0.15) is 5.57 Å². The monoisotopic (exact) mass is 507 g/mol. The topological polar surface area (TPSA) is 91.6 Å². The van der Waals surface area contributed by atoms with Crippen LogP contribution in [0.3, 0.4) is 0 Å². The van der Waals surface area contributed by atoms with Crippen molar-refractivity contribution >= 4 is 58.5 Å². The van der Waals surface area contributed by atoms with Gasteiger partial charge in [0.15, 0.2) is 5.11 Å². The lowest BCUT2D eigenvalue weighted by Gasteiger charge is -2.30. The third kappa shape index (κ3) is 4.26. The number of carbonyl (C=O) groups excluding carboxylic acids is 2. The predicted octanol–water partition coefficient (Wildman–Crippen LogP) is 4.89. The van der Waals surface area contributed by atoms with Gasteiger partial charge in [-0.15, -0.1) is 0 Å². The number of carboxylic acid groups (broad SMARTS) is 1. The van der Waals surface area contributed by atoms with Gasteiger partial charge in [-0.25, -0.2) is 4.79 Å². The minimum atomic E-state index is -1.13. The highest BCUT2D eigenvalue weighted by atomic mass is 35.5. The number of nitrogens with zero attached hydrogens (tertiary/aromatic N) is 2. The van der Waals surface area contributed by atoms with Gasteiger partial charge in [-0.1, -0.05) is 23.7 Å². The normalized spacial score (nSPS) is 15.1. The standard InChI is InChI=1S/C26H22ClN3O4S/c1-13-6-5-7-22(15(13)3)30-24(32)20(23(31)28-26(30)35)11-17-10-14(2)29(16(17)4)18-8-9-21(27)19(12-18)25(33)34/h5-12H,1-4H3,(H,33,34)(H,28,31,35)/b20-11-. The summed E-state index contributed by atoms with van der Waals surface area (Å²) in [4.78, 5) is 39.1. The van der Waals surface area contributed by atoms with Crippen LogP contribution in [-0.2, 0) is 9.59 Å². The van der Waals surface area contributed by atoms with Crippen LogP contribution < -0.4 is 10.2 Å². The van der Waals surface area contributed by atoms with Gasteiger partial charge in [0, 0.05) is 17.1 Å². The van der Waals surface area contributed by atoms with E-state index in [2.05, 4.69) is 5.32 Å². The maximum atomic E-state index is 13.5. The predicted molar refractivity (Wildman–Crippen MR) is 139 cm³/mol. The number of carboxylic acids is 1. The van der Waals surface area contributed by atoms with Crippen molar-refractivity contribution in [1.29, 1.82) is 0 Å². The van der Waals surface area contributed by atoms with Crippen LogP contribution in [-0.4, -0.2) is 32.6 Å². The summed E-state index contributed by atoms with van der Waals surface area (Å²) in [6, 6.07) is 12.1. The Morgan fingerprint density at radius 1 is 1.09 bits per heavy atom. The van der Waals surface area contributed by atoms with E-state index in [1.807, 2.05) is 50.5 Å². The van der Waals surface area contributed by atoms with Crippen molar-refractivity contribution in [1.82, 2.24) is 9.88 Å². The van der Waals surface area contributed by atoms with Gasteiger partial charge in [-0.3, -0.25) is 19.8 Å². The summed E-state index contributed by atoms with van der Waals surface area (Å²) in [7, 11) is 0. The largest absolute Gasteiger partial charge is 0.478 e. The Labute approximate surface area is 212 Å². The molecule has 1 aliphatic rings. The van der Waals surface area contributed by atoms with Gasteiger partial charge in [0.2, 0.25) is 0 Å². The smallest absolute Gasteiger partial charge is 0.337 e. The molecule has 1 aliphatic heterocycles. The molecule has 3 aromatic rings. The number of aryl methyl sites for hydroxylation is 2. The summed E-state index contributed by atoms with van der Waals surface area (Å²) in [5.41, 5.74) is 5.17. The lowest BCUT2D eigenvalue weighted by molar-refractivity contribution is -0.122. The molecule has 4 rings (SSSR count). The van der Waals surface area contributed by atoms with Crippen LogP contribution in [0, 0.1) is 27.7 Å². The molecule has 2 aromatic carbocycles. The van der Waals surface area contributed by atoms with E-state index in [0.29, 0.717) is 16.9 Å². The second-order valence-electron chi connectivity index (χ2n) is 8.31. The van der Waals surface area contributed by atoms with E-state index in [0.717, 1.165) is 22.5 Å². The number of nitrogens with one attached hydrogen (secondary N) is 1. The molecule has 0 unspecified atom stereocenters. The Bertz CT molecular complexity index is 1470. The number of rotatable bonds is 4. The molecule has 178 valence electrons. The fourth-order valence-corrected chi connectivity index (χ4v) is 4.63. The maximum absolute atomic E-state index is 13.5. The van der Waals surface area contributed by atoms with Crippen LogP contribution >= 0.6 is 23.8 Å². The Hall–Kier alpha value is -3.75. The molecular weight excluding hydrogens is 486 g/mol. The van der Waals surface area contributed by atoms with E-state index in [1.165, 1.54) is 23.1 Å². The minimum absolute atomic E-state index is 0.0175. The van der Waals surface area contributed by atoms with E-state index < -0.39 is 17.8 Å². The minimum Gasteiger partial charge on any atom is -0.478 e. The lowest BCUT2D eigenvalue weighted by Crippen LogP contribution is -2.54. The number of anilines is 1. The third-order valence-corrected chi connectivity index (χ3v) is 6.74. The van der Waals surface area contributed by atoms with Crippen molar-refractivity contribution in [3.05, 3.63) is 86.7 Å². The van der Waals surface area contributed by atoms with Crippen LogP contribution in [0.1, 0.15) is 38.4 Å². The van der Waals surface area contributed by atoms with Crippen molar-refractivity contribution < 1.29 is 19.5 Å². The Kier molecular flexibility index (Phi) is 6.36. The molecule has 35 heavy (non-hydrogen) atoms. The fourth-order valence-electron chi connectivity index (χ4n) is 4.16. The Morgan fingerprint density at radius 2 is 1.80 bits per heavy atom. The van der Waals surface area contributed by atoms with E-state index >= 15 is 0 Å². The van der Waals surface area contributed by atoms with E-state index in [1.54, 1.807) is 12.1 Å². The zero-order valence-corrected chi connectivity index (χ0v) is 21.0. The molecule has 0 atom stereocenters. The average Bonchev–Trinajstić information content (AvgIpc) is 3.07. The summed E-state index contributed by atoms with van der Waals surface area (Å²) in [6.45, 7) is 7.51. The average molecular weight is 508 g/mol. The number of hydrogen-bond donors (Lipinski definition) is 2. The summed E-state index contributed by atoms with van der Waals surface area (Å²) < 4.78 is 1.84. The van der Waals surface area contributed by atoms with E-state index in [4.69, 9.17) is 23.8 Å². The van der Waals surface area contributed by atoms with Crippen molar-refractivity contribution in [3.63, 3.8) is 0 Å². The highest BCUT2D eigenvalue weighted by molar-refractivity contribution is 7.80. The van der Waals surface area contributed by atoms with Crippen LogP contribution in [0.4, 0.5) is 5.69 Å². The highest BCUT2D eigenvalue weighted by Crippen LogP contribution is 2.29. The molecule has 0 spiro atoms. The number of carbonyl (C=O) groups is 3. The zero-order chi connectivity index (χ0) is 25.6. The van der Waals surface area contributed by atoms with Gasteiger partial charge in [-0.2, -0.15) is 0 Å². The van der Waals surface area contributed by atoms with Gasteiger partial charge < -0.3 is 9.67 Å². The number of amides is 2. The van der Waals surface area contributed by atoms with Crippen molar-refractivity contribution in [2.24, 2.45) is 0 Å². The first kappa shape index (κ1) is 24.4. The van der Waals surface area contributed by atoms with Crippen molar-refractivity contribution in [2.45, 2.75) is 27.7 Å². The summed E-state index contributed by atoms with van der Waals surface area (Å²) >= 11 is 11.3. The van der Waals surface area contributed by atoms with E-state index in [-0.39, 0.29) is 21.3 Å². The van der Waals surface area contributed by atoms with Gasteiger partial charge in [0.05, 0.1) is 16.3 Å². The first-order valence-electron chi connectivity index (χ1n) is 10.7. The third-order valence-electron chi connectivity index (χ3n) is 6.13. The molecule has 7 nitrogen and oxygen atoms in total. The zero-order valence-electron chi connectivity index (χ0n) is 19.5. The Balaban J connectivity index is 1.80. The Morgan fingerprint density at radius 3 is 2.49 bits per heavy atom. The summed E-state index contributed by atoms with van der Waals surface area (Å²) in [6.07, 6.45) is 1.53. The maximum Gasteiger partial charge on any atom is 0.337 e. The number of halogens is 1. The molecule has 1 aromatic heterocycles. The van der Waals surface area contributed by atoms with Crippen LogP contribution in [0.15, 0.2) is 48.0 Å². The molecule has 1 fully saturated rings. The fraction of sp³-hybridized carbons (Fsp3) is 0.154. The molecule has 1 saturated heterocycles. The molecule has 0 radical (unpaired) electrons. The van der Waals surface area contributed by atoms with Gasteiger partial charge in [-0.05, 0) is 93.0 Å². The molecule has 0 aliphatic carbocycles. The molecule has 2 amide bonds. The number of aromatic carboxylic acids is 1. The SMILES string of the molecule is Cc1cccc(N2C(=O)/C(=C\c3cc(C)n(-c4ccc(Cl)c(C(=O)O)c4)c3C)C(=O)NC2=S)c1C. The van der Waals surface area contributed by atoms with Crippen LogP contribution in [0.2, 0.25) is 5.02 Å². The number of hydrogen-bond acceptors (Lipinski definition) is 4. The lowest BCUT2D eigenvalue weighted by atomic mass is 10.0. The van der Waals surface area contributed by atoms with Gasteiger partial charge >= 0.3 is 5.97 Å². The van der Waals surface area contributed by atoms with Crippen molar-refractivity contribution in [2.75, 3.05) is 4.90 Å². The molecule has 0 saturated carbocycles. The second kappa shape index (κ2) is 9.13. The molecule has 9 heteroatoms. The number of aromatic nitrogens is 1. The highest BCUT2D eigenvalue weighted by Gasteiger charge is 2.35. The quantitative estimate of drug-likeness (QED) is 0.298. The van der Waals surface area contributed by atoms with Crippen LogP contribution in [0.5, 0.6) is 0 Å². The molecule has 2 heterocycles. The summed E-state index contributed by atoms with van der Waals surface area (Å²) in [5.74, 6) is -2.23. The van der Waals surface area contributed by atoms with Crippen molar-refractivity contribution in [3.8, 4) is 5.69 Å².